The van der Waals surface area contributed by atoms with Crippen LogP contribution >= 0.6 is 11.3 Å². The van der Waals surface area contributed by atoms with E-state index in [1.165, 1.54) is 4.52 Å². The van der Waals surface area contributed by atoms with Gasteiger partial charge in [0.25, 0.3) is 0 Å². The van der Waals surface area contributed by atoms with Crippen molar-refractivity contribution in [3.63, 3.8) is 0 Å². The number of aromatic nitrogens is 3. The third kappa shape index (κ3) is 1.28. The molecule has 0 amide bonds. The number of hydrogen-bond donors (Lipinski definition) is 1. The van der Waals surface area contributed by atoms with Gasteiger partial charge in [-0.2, -0.15) is 9.61 Å². The monoisotopic (exact) mass is 217 g/mol. The Morgan fingerprint density at radius 2 is 2.27 bits per heavy atom. The van der Waals surface area contributed by atoms with Gasteiger partial charge in [-0.05, 0) is 11.4 Å². The summed E-state index contributed by atoms with van der Waals surface area (Å²) in [6.07, 6.45) is 1.61. The van der Waals surface area contributed by atoms with Crippen molar-refractivity contribution in [1.29, 1.82) is 0 Å². The fourth-order valence-electron chi connectivity index (χ4n) is 1.45. The first-order valence-corrected chi connectivity index (χ1v) is 5.30. The van der Waals surface area contributed by atoms with Crippen LogP contribution in [0, 0.1) is 0 Å². The van der Waals surface area contributed by atoms with E-state index in [0.29, 0.717) is 5.65 Å². The van der Waals surface area contributed by atoms with Gasteiger partial charge in [-0.1, -0.05) is 6.07 Å². The topological polar surface area (TPSA) is 50.4 Å². The standard InChI is InChI=1S/C10H7N3OS/c14-10-6-7(8-2-1-5-15-8)12-9-3-4-11-13(9)10/h1-6,14H. The minimum atomic E-state index is 0.105. The first-order chi connectivity index (χ1) is 7.34. The zero-order valence-electron chi connectivity index (χ0n) is 7.66. The smallest absolute Gasteiger partial charge is 0.216 e. The van der Waals surface area contributed by atoms with Crippen LogP contribution in [0.3, 0.4) is 0 Å². The van der Waals surface area contributed by atoms with Crippen molar-refractivity contribution in [2.75, 3.05) is 0 Å². The molecule has 74 valence electrons. The van der Waals surface area contributed by atoms with Gasteiger partial charge in [0.15, 0.2) is 5.65 Å². The summed E-state index contributed by atoms with van der Waals surface area (Å²) in [6, 6.07) is 7.31. The normalized spacial score (nSPS) is 10.9. The molecule has 4 nitrogen and oxygen atoms in total. The van der Waals surface area contributed by atoms with E-state index in [1.807, 2.05) is 17.5 Å². The van der Waals surface area contributed by atoms with Gasteiger partial charge in [-0.15, -0.1) is 11.3 Å². The summed E-state index contributed by atoms with van der Waals surface area (Å²) in [7, 11) is 0. The Balaban J connectivity index is 2.29. The van der Waals surface area contributed by atoms with Crippen LogP contribution < -0.4 is 0 Å². The molecule has 0 aliphatic carbocycles. The van der Waals surface area contributed by atoms with Crippen molar-refractivity contribution in [3.05, 3.63) is 35.8 Å². The third-order valence-electron chi connectivity index (χ3n) is 2.11. The van der Waals surface area contributed by atoms with Gasteiger partial charge in [0.05, 0.1) is 16.8 Å². The molecule has 0 aliphatic heterocycles. The zero-order valence-corrected chi connectivity index (χ0v) is 8.48. The van der Waals surface area contributed by atoms with Gasteiger partial charge in [-0.25, -0.2) is 4.98 Å². The Morgan fingerprint density at radius 1 is 1.33 bits per heavy atom. The van der Waals surface area contributed by atoms with Crippen molar-refractivity contribution in [2.24, 2.45) is 0 Å². The van der Waals surface area contributed by atoms with Crippen LogP contribution in [0.2, 0.25) is 0 Å². The Hall–Kier alpha value is -1.88. The highest BCUT2D eigenvalue weighted by Crippen LogP contribution is 2.26. The largest absolute Gasteiger partial charge is 0.493 e. The van der Waals surface area contributed by atoms with E-state index >= 15 is 0 Å². The molecule has 0 fully saturated rings. The molecule has 0 aliphatic rings. The molecule has 3 aromatic rings. The van der Waals surface area contributed by atoms with E-state index < -0.39 is 0 Å². The SMILES string of the molecule is Oc1cc(-c2cccs2)nc2ccnn12. The quantitative estimate of drug-likeness (QED) is 0.679. The highest BCUT2D eigenvalue weighted by atomic mass is 32.1. The summed E-state index contributed by atoms with van der Waals surface area (Å²) in [4.78, 5) is 5.43. The predicted octanol–water partition coefficient (Wildman–Crippen LogP) is 2.16. The maximum absolute atomic E-state index is 9.70. The van der Waals surface area contributed by atoms with Crippen LogP contribution in [0.1, 0.15) is 0 Å². The number of nitrogens with zero attached hydrogens (tertiary/aromatic N) is 3. The van der Waals surface area contributed by atoms with E-state index in [9.17, 15) is 5.11 Å². The van der Waals surface area contributed by atoms with Crippen molar-refractivity contribution in [1.82, 2.24) is 14.6 Å². The van der Waals surface area contributed by atoms with Crippen molar-refractivity contribution in [2.45, 2.75) is 0 Å². The fourth-order valence-corrected chi connectivity index (χ4v) is 2.13. The van der Waals surface area contributed by atoms with Gasteiger partial charge in [0.2, 0.25) is 5.88 Å². The summed E-state index contributed by atoms with van der Waals surface area (Å²) in [5, 5.41) is 15.6. The van der Waals surface area contributed by atoms with Crippen LogP contribution in [-0.4, -0.2) is 19.7 Å². The maximum Gasteiger partial charge on any atom is 0.216 e. The molecule has 0 spiro atoms. The Bertz CT molecular complexity index is 600. The molecule has 0 aromatic carbocycles. The fraction of sp³-hybridized carbons (Fsp3) is 0. The average molecular weight is 217 g/mol. The molecular formula is C10H7N3OS. The van der Waals surface area contributed by atoms with Crippen LogP contribution in [0.5, 0.6) is 5.88 Å². The number of hydrogen-bond acceptors (Lipinski definition) is 4. The third-order valence-corrected chi connectivity index (χ3v) is 3.01. The highest BCUT2D eigenvalue weighted by molar-refractivity contribution is 7.13. The molecule has 3 heterocycles. The zero-order chi connectivity index (χ0) is 10.3. The second kappa shape index (κ2) is 3.06. The Kier molecular flexibility index (Phi) is 1.72. The predicted molar refractivity (Wildman–Crippen MR) is 58.0 cm³/mol. The second-order valence-corrected chi connectivity index (χ2v) is 4.03. The van der Waals surface area contributed by atoms with Crippen molar-refractivity contribution in [3.8, 4) is 16.5 Å². The molecular weight excluding hydrogens is 210 g/mol. The molecule has 3 rings (SSSR count). The molecule has 1 N–H and O–H groups in total. The lowest BCUT2D eigenvalue weighted by molar-refractivity contribution is 0.436. The highest BCUT2D eigenvalue weighted by Gasteiger charge is 2.07. The molecule has 0 saturated heterocycles. The molecule has 15 heavy (non-hydrogen) atoms. The van der Waals surface area contributed by atoms with Crippen LogP contribution in [0.25, 0.3) is 16.2 Å². The first-order valence-electron chi connectivity index (χ1n) is 4.42. The van der Waals surface area contributed by atoms with Crippen LogP contribution in [0.15, 0.2) is 35.8 Å². The van der Waals surface area contributed by atoms with Crippen LogP contribution in [0.4, 0.5) is 0 Å². The molecule has 5 heteroatoms. The van der Waals surface area contributed by atoms with E-state index in [1.54, 1.807) is 29.7 Å². The molecule has 0 saturated carbocycles. The Labute approximate surface area is 89.4 Å². The minimum Gasteiger partial charge on any atom is -0.493 e. The number of thiophene rings is 1. The van der Waals surface area contributed by atoms with Crippen LogP contribution in [-0.2, 0) is 0 Å². The van der Waals surface area contributed by atoms with E-state index in [4.69, 9.17) is 0 Å². The number of rotatable bonds is 1. The van der Waals surface area contributed by atoms with Gasteiger partial charge < -0.3 is 5.11 Å². The Morgan fingerprint density at radius 3 is 3.07 bits per heavy atom. The lowest BCUT2D eigenvalue weighted by Crippen LogP contribution is -1.92. The number of fused-ring (bicyclic) bond motifs is 1. The minimum absolute atomic E-state index is 0.105. The van der Waals surface area contributed by atoms with Gasteiger partial charge in [0, 0.05) is 12.1 Å². The molecule has 0 bridgehead atoms. The van der Waals surface area contributed by atoms with Gasteiger partial charge >= 0.3 is 0 Å². The summed E-state index contributed by atoms with van der Waals surface area (Å²) in [5.41, 5.74) is 1.42. The second-order valence-electron chi connectivity index (χ2n) is 3.08. The van der Waals surface area contributed by atoms with E-state index in [0.717, 1.165) is 10.6 Å². The van der Waals surface area contributed by atoms with Gasteiger partial charge in [0.1, 0.15) is 0 Å². The van der Waals surface area contributed by atoms with E-state index in [-0.39, 0.29) is 5.88 Å². The van der Waals surface area contributed by atoms with E-state index in [2.05, 4.69) is 10.1 Å². The molecule has 3 aromatic heterocycles. The molecule has 0 atom stereocenters. The summed E-state index contributed by atoms with van der Waals surface area (Å²) >= 11 is 1.59. The number of aromatic hydroxyl groups is 1. The summed E-state index contributed by atoms with van der Waals surface area (Å²) < 4.78 is 1.40. The summed E-state index contributed by atoms with van der Waals surface area (Å²) in [6.45, 7) is 0. The lowest BCUT2D eigenvalue weighted by Gasteiger charge is -2.00. The summed E-state index contributed by atoms with van der Waals surface area (Å²) in [5.74, 6) is 0.105. The molecule has 0 unspecified atom stereocenters. The molecule has 0 radical (unpaired) electrons. The average Bonchev–Trinajstić information content (AvgIpc) is 2.88. The first kappa shape index (κ1) is 8.43. The maximum atomic E-state index is 9.70. The van der Waals surface area contributed by atoms with Crippen molar-refractivity contribution >= 4 is 17.0 Å². The van der Waals surface area contributed by atoms with Crippen molar-refractivity contribution < 1.29 is 5.11 Å². The lowest BCUT2D eigenvalue weighted by atomic mass is 10.3. The van der Waals surface area contributed by atoms with Gasteiger partial charge in [-0.3, -0.25) is 0 Å².